The maximum absolute atomic E-state index is 13.9. The summed E-state index contributed by atoms with van der Waals surface area (Å²) in [4.78, 5) is 53.4. The molecule has 2 aromatic carbocycles. The van der Waals surface area contributed by atoms with Gasteiger partial charge in [-0.05, 0) is 60.7 Å². The summed E-state index contributed by atoms with van der Waals surface area (Å²) >= 11 is 0. The average molecular weight is 638 g/mol. The summed E-state index contributed by atoms with van der Waals surface area (Å²) in [7, 11) is 3.30. The van der Waals surface area contributed by atoms with E-state index in [-0.39, 0.29) is 29.9 Å². The molecule has 0 fully saturated rings. The van der Waals surface area contributed by atoms with Crippen LogP contribution in [0, 0.1) is 11.3 Å². The number of benzene rings is 2. The smallest absolute Gasteiger partial charge is 0.411 e. The third-order valence-electron chi connectivity index (χ3n) is 8.11. The van der Waals surface area contributed by atoms with Gasteiger partial charge in [-0.15, -0.1) is 0 Å². The molecule has 3 amide bonds. The highest BCUT2D eigenvalue weighted by atomic mass is 16.5. The van der Waals surface area contributed by atoms with Gasteiger partial charge in [0.05, 0.1) is 12.1 Å². The number of ether oxygens (including phenoxy) is 1. The zero-order valence-corrected chi connectivity index (χ0v) is 28.7. The first-order chi connectivity index (χ1) is 21.3. The molecule has 252 valence electrons. The van der Waals surface area contributed by atoms with E-state index in [1.54, 1.807) is 62.6 Å². The van der Waals surface area contributed by atoms with Crippen LogP contribution < -0.4 is 21.7 Å². The van der Waals surface area contributed by atoms with Crippen LogP contribution in [0.25, 0.3) is 0 Å². The molecule has 0 aromatic heterocycles. The molecule has 11 heteroatoms. The second kappa shape index (κ2) is 15.8. The number of nitrogens with zero attached hydrogens (tertiary/aromatic N) is 1. The first-order valence-electron chi connectivity index (χ1n) is 15.3. The van der Waals surface area contributed by atoms with E-state index in [9.17, 15) is 24.3 Å². The third-order valence-corrected chi connectivity index (χ3v) is 8.11. The van der Waals surface area contributed by atoms with Crippen LogP contribution in [0.3, 0.4) is 0 Å². The van der Waals surface area contributed by atoms with Gasteiger partial charge in [0.25, 0.3) is 0 Å². The molecule has 0 saturated heterocycles. The molecule has 3 atom stereocenters. The molecule has 0 heterocycles. The van der Waals surface area contributed by atoms with Crippen molar-refractivity contribution in [3.05, 3.63) is 71.3 Å². The van der Waals surface area contributed by atoms with Crippen molar-refractivity contribution in [1.29, 1.82) is 0 Å². The van der Waals surface area contributed by atoms with Crippen molar-refractivity contribution in [1.82, 2.24) is 15.5 Å². The lowest BCUT2D eigenvalue weighted by atomic mass is 9.76. The number of nitrogens with one attached hydrogen (secondary N) is 3. The lowest BCUT2D eigenvalue weighted by molar-refractivity contribution is -0.141. The van der Waals surface area contributed by atoms with E-state index in [0.29, 0.717) is 11.4 Å². The zero-order chi connectivity index (χ0) is 35.0. The standard InChI is InChI=1S/C35H51N5O6/c1-21(2)27(18-22(3)32(43)44)40(10)31(42)29(34(4,5)6)39-30(41)28(37-9)35(7,8)24-12-11-13-26(19-24)38-33(45)46-20-23-14-16-25(36)17-15-23/h11-19,21,27-29,37H,20,36H2,1-10H3,(H,38,45)(H,39,41)(H,43,44)/b22-18+/t27?,28?,29-/m1/s1. The average Bonchev–Trinajstić information content (AvgIpc) is 2.97. The van der Waals surface area contributed by atoms with Gasteiger partial charge in [-0.1, -0.05) is 78.8 Å². The molecule has 2 unspecified atom stereocenters. The van der Waals surface area contributed by atoms with Crippen LogP contribution in [-0.4, -0.2) is 66.1 Å². The van der Waals surface area contributed by atoms with Gasteiger partial charge in [-0.2, -0.15) is 0 Å². The molecule has 0 aliphatic carbocycles. The highest BCUT2D eigenvalue weighted by Crippen LogP contribution is 2.31. The van der Waals surface area contributed by atoms with Gasteiger partial charge < -0.3 is 31.1 Å². The normalized spacial score (nSPS) is 14.2. The van der Waals surface area contributed by atoms with Gasteiger partial charge in [0, 0.05) is 29.4 Å². The monoisotopic (exact) mass is 637 g/mol. The van der Waals surface area contributed by atoms with Gasteiger partial charge in [0.1, 0.15) is 12.6 Å². The molecule has 0 spiro atoms. The SMILES string of the molecule is CNC(C(=O)N[C@H](C(=O)N(C)C(/C=C(\C)C(=O)O)C(C)C)C(C)(C)C)C(C)(C)c1cccc(NC(=O)OCc2ccc(N)cc2)c1. The minimum atomic E-state index is -1.06. The summed E-state index contributed by atoms with van der Waals surface area (Å²) in [6.45, 7) is 14.8. The predicted molar refractivity (Wildman–Crippen MR) is 181 cm³/mol. The van der Waals surface area contributed by atoms with E-state index in [0.717, 1.165) is 11.1 Å². The number of nitrogens with two attached hydrogens (primary N) is 1. The number of hydrogen-bond donors (Lipinski definition) is 5. The molecule has 46 heavy (non-hydrogen) atoms. The van der Waals surface area contributed by atoms with E-state index in [1.165, 1.54) is 11.8 Å². The molecule has 6 N–H and O–H groups in total. The van der Waals surface area contributed by atoms with Crippen molar-refractivity contribution >= 4 is 35.3 Å². The second-order valence-corrected chi connectivity index (χ2v) is 13.6. The molecule has 2 rings (SSSR count). The van der Waals surface area contributed by atoms with Crippen LogP contribution in [0.2, 0.25) is 0 Å². The fraction of sp³-hybridized carbons (Fsp3) is 0.486. The van der Waals surface area contributed by atoms with Crippen LogP contribution >= 0.6 is 0 Å². The van der Waals surface area contributed by atoms with Gasteiger partial charge in [0.15, 0.2) is 0 Å². The lowest BCUT2D eigenvalue weighted by Gasteiger charge is -2.40. The number of carbonyl (C=O) groups is 4. The Kier molecular flexibility index (Phi) is 12.9. The molecule has 0 aliphatic rings. The number of rotatable bonds is 13. The topological polar surface area (TPSA) is 163 Å². The molecule has 11 nitrogen and oxygen atoms in total. The third kappa shape index (κ3) is 10.1. The number of carboxylic acid groups (broad SMARTS) is 1. The van der Waals surface area contributed by atoms with E-state index in [2.05, 4.69) is 16.0 Å². The lowest BCUT2D eigenvalue weighted by Crippen LogP contribution is -2.61. The molecule has 2 aromatic rings. The van der Waals surface area contributed by atoms with Crippen molar-refractivity contribution < 1.29 is 29.0 Å². The number of likely N-dealkylation sites (N-methyl/N-ethyl adjacent to an activating group) is 2. The molecule has 0 bridgehead atoms. The van der Waals surface area contributed by atoms with Crippen molar-refractivity contribution in [3.63, 3.8) is 0 Å². The first-order valence-corrected chi connectivity index (χ1v) is 15.3. The summed E-state index contributed by atoms with van der Waals surface area (Å²) in [6.07, 6.45) is 0.944. The minimum absolute atomic E-state index is 0.0700. The van der Waals surface area contributed by atoms with E-state index in [1.807, 2.05) is 54.5 Å². The Morgan fingerprint density at radius 3 is 2.13 bits per heavy atom. The van der Waals surface area contributed by atoms with Crippen molar-refractivity contribution in [2.45, 2.75) is 85.5 Å². The van der Waals surface area contributed by atoms with E-state index < -0.39 is 41.0 Å². The summed E-state index contributed by atoms with van der Waals surface area (Å²) in [5.41, 5.74) is 7.08. The summed E-state index contributed by atoms with van der Waals surface area (Å²) < 4.78 is 5.35. The maximum atomic E-state index is 13.9. The Labute approximate surface area is 272 Å². The van der Waals surface area contributed by atoms with Crippen molar-refractivity contribution in [2.75, 3.05) is 25.1 Å². The quantitative estimate of drug-likeness (QED) is 0.153. The van der Waals surface area contributed by atoms with Gasteiger partial charge in [-0.25, -0.2) is 9.59 Å². The van der Waals surface area contributed by atoms with Crippen molar-refractivity contribution in [3.8, 4) is 0 Å². The predicted octanol–water partition coefficient (Wildman–Crippen LogP) is 4.93. The van der Waals surface area contributed by atoms with Gasteiger partial charge in [-0.3, -0.25) is 14.9 Å². The second-order valence-electron chi connectivity index (χ2n) is 13.6. The molecule has 0 saturated carbocycles. The zero-order valence-electron chi connectivity index (χ0n) is 28.7. The number of anilines is 2. The fourth-order valence-corrected chi connectivity index (χ4v) is 5.20. The van der Waals surface area contributed by atoms with E-state index >= 15 is 0 Å². The minimum Gasteiger partial charge on any atom is -0.478 e. The molecule has 0 radical (unpaired) electrons. The number of carboxylic acids is 1. The molecular weight excluding hydrogens is 586 g/mol. The Balaban J connectivity index is 2.26. The Hall–Kier alpha value is -4.38. The van der Waals surface area contributed by atoms with Gasteiger partial charge >= 0.3 is 12.1 Å². The Morgan fingerprint density at radius 1 is 1.00 bits per heavy atom. The molecule has 0 aliphatic heterocycles. The largest absolute Gasteiger partial charge is 0.478 e. The van der Waals surface area contributed by atoms with Crippen LogP contribution in [0.4, 0.5) is 16.2 Å². The van der Waals surface area contributed by atoms with Crippen LogP contribution in [-0.2, 0) is 31.1 Å². The number of aliphatic carboxylic acids is 1. The van der Waals surface area contributed by atoms with Crippen molar-refractivity contribution in [2.24, 2.45) is 11.3 Å². The highest BCUT2D eigenvalue weighted by Gasteiger charge is 2.41. The molecular formula is C35H51N5O6. The summed E-state index contributed by atoms with van der Waals surface area (Å²) in [6, 6.07) is 12.0. The van der Waals surface area contributed by atoms with Crippen LogP contribution in [0.5, 0.6) is 0 Å². The maximum Gasteiger partial charge on any atom is 0.411 e. The summed E-state index contributed by atoms with van der Waals surface area (Å²) in [5, 5.41) is 18.3. The fourth-order valence-electron chi connectivity index (χ4n) is 5.20. The number of hydrogen-bond acceptors (Lipinski definition) is 7. The van der Waals surface area contributed by atoms with Gasteiger partial charge in [0.2, 0.25) is 11.8 Å². The van der Waals surface area contributed by atoms with Crippen LogP contribution in [0.15, 0.2) is 60.2 Å². The summed E-state index contributed by atoms with van der Waals surface area (Å²) in [5.74, 6) is -1.83. The number of nitrogen functional groups attached to an aromatic ring is 1. The Morgan fingerprint density at radius 2 is 1.61 bits per heavy atom. The number of carbonyl (C=O) groups excluding carboxylic acids is 3. The first kappa shape index (κ1) is 37.8. The van der Waals surface area contributed by atoms with E-state index in [4.69, 9.17) is 10.5 Å². The highest BCUT2D eigenvalue weighted by molar-refractivity contribution is 5.92. The number of amides is 3. The Bertz CT molecular complexity index is 1410. The van der Waals surface area contributed by atoms with Crippen LogP contribution in [0.1, 0.15) is 66.5 Å².